The van der Waals surface area contributed by atoms with Crippen LogP contribution >= 0.6 is 38.5 Å². The highest BCUT2D eigenvalue weighted by atomic mass is 127. The van der Waals surface area contributed by atoms with E-state index in [1.165, 1.54) is 3.57 Å². The highest BCUT2D eigenvalue weighted by Gasteiger charge is 2.03. The van der Waals surface area contributed by atoms with Crippen molar-refractivity contribution in [1.29, 1.82) is 0 Å². The normalized spacial score (nSPS) is 10.4. The summed E-state index contributed by atoms with van der Waals surface area (Å²) in [7, 11) is 0. The van der Waals surface area contributed by atoms with E-state index < -0.39 is 0 Å². The molecule has 0 radical (unpaired) electrons. The van der Waals surface area contributed by atoms with Crippen molar-refractivity contribution in [1.82, 2.24) is 0 Å². The number of halogens is 2. The summed E-state index contributed by atoms with van der Waals surface area (Å²) in [4.78, 5) is 0. The fourth-order valence-electron chi connectivity index (χ4n) is 1.59. The molecular formula is C14H13BrINO. The Hall–Kier alpha value is -0.590. The Morgan fingerprint density at radius 3 is 2.50 bits per heavy atom. The maximum atomic E-state index is 5.81. The number of ether oxygens (including phenoxy) is 1. The molecule has 2 nitrogen and oxygen atoms in total. The third-order valence-electron chi connectivity index (χ3n) is 2.55. The lowest BCUT2D eigenvalue weighted by atomic mass is 10.2. The summed E-state index contributed by atoms with van der Waals surface area (Å²) in [6.45, 7) is 1.03. The van der Waals surface area contributed by atoms with E-state index in [0.717, 1.165) is 21.3 Å². The van der Waals surface area contributed by atoms with Gasteiger partial charge in [-0.3, -0.25) is 0 Å². The minimum Gasteiger partial charge on any atom is -0.489 e. The molecule has 2 rings (SSSR count). The molecule has 2 N–H and O–H groups in total. The minimum atomic E-state index is 0.474. The summed E-state index contributed by atoms with van der Waals surface area (Å²) in [5.41, 5.74) is 7.87. The van der Waals surface area contributed by atoms with Crippen molar-refractivity contribution in [3.8, 4) is 5.75 Å². The van der Waals surface area contributed by atoms with Crippen molar-refractivity contribution in [2.24, 2.45) is 5.73 Å². The molecule has 0 saturated carbocycles. The van der Waals surface area contributed by atoms with E-state index in [-0.39, 0.29) is 0 Å². The lowest BCUT2D eigenvalue weighted by Crippen LogP contribution is -2.02. The number of rotatable bonds is 4. The van der Waals surface area contributed by atoms with Crippen LogP contribution in [-0.2, 0) is 13.2 Å². The lowest BCUT2D eigenvalue weighted by Gasteiger charge is -2.11. The van der Waals surface area contributed by atoms with E-state index in [4.69, 9.17) is 10.5 Å². The molecule has 94 valence electrons. The van der Waals surface area contributed by atoms with Crippen molar-refractivity contribution in [3.05, 3.63) is 61.6 Å². The van der Waals surface area contributed by atoms with Gasteiger partial charge in [-0.15, -0.1) is 0 Å². The van der Waals surface area contributed by atoms with Crippen LogP contribution in [0.15, 0.2) is 46.9 Å². The second-order valence-electron chi connectivity index (χ2n) is 3.87. The highest BCUT2D eigenvalue weighted by molar-refractivity contribution is 14.1. The van der Waals surface area contributed by atoms with Crippen LogP contribution in [0, 0.1) is 3.57 Å². The maximum absolute atomic E-state index is 5.81. The van der Waals surface area contributed by atoms with Crippen LogP contribution in [0.5, 0.6) is 5.75 Å². The van der Waals surface area contributed by atoms with E-state index >= 15 is 0 Å². The van der Waals surface area contributed by atoms with Crippen LogP contribution in [0.25, 0.3) is 0 Å². The Bertz CT molecular complexity index is 528. The highest BCUT2D eigenvalue weighted by Crippen LogP contribution is 2.23. The fourth-order valence-corrected chi connectivity index (χ4v) is 2.36. The van der Waals surface area contributed by atoms with Crippen molar-refractivity contribution in [3.63, 3.8) is 0 Å². The van der Waals surface area contributed by atoms with Gasteiger partial charge in [-0.2, -0.15) is 0 Å². The van der Waals surface area contributed by atoms with Gasteiger partial charge in [0.2, 0.25) is 0 Å². The molecule has 0 atom stereocenters. The first-order valence-corrected chi connectivity index (χ1v) is 7.42. The van der Waals surface area contributed by atoms with E-state index in [9.17, 15) is 0 Å². The average molecular weight is 418 g/mol. The number of nitrogens with two attached hydrogens (primary N) is 1. The minimum absolute atomic E-state index is 0.474. The van der Waals surface area contributed by atoms with Gasteiger partial charge >= 0.3 is 0 Å². The average Bonchev–Trinajstić information content (AvgIpc) is 2.39. The molecule has 0 saturated heterocycles. The standard InChI is InChI=1S/C14H13BrINO/c15-12-3-6-14(11(7-12)8-17)18-9-10-1-4-13(16)5-2-10/h1-7H,8-9,17H2. The molecular weight excluding hydrogens is 405 g/mol. The smallest absolute Gasteiger partial charge is 0.124 e. The Labute approximate surface area is 129 Å². The molecule has 18 heavy (non-hydrogen) atoms. The van der Waals surface area contributed by atoms with Gasteiger partial charge in [0.15, 0.2) is 0 Å². The third-order valence-corrected chi connectivity index (χ3v) is 3.76. The number of hydrogen-bond donors (Lipinski definition) is 1. The zero-order valence-electron chi connectivity index (χ0n) is 9.70. The monoisotopic (exact) mass is 417 g/mol. The van der Waals surface area contributed by atoms with Gasteiger partial charge in [-0.25, -0.2) is 0 Å². The van der Waals surface area contributed by atoms with Crippen molar-refractivity contribution in [2.75, 3.05) is 0 Å². The summed E-state index contributed by atoms with van der Waals surface area (Å²) in [5, 5.41) is 0. The van der Waals surface area contributed by atoms with E-state index in [0.29, 0.717) is 13.2 Å². The predicted octanol–water partition coefficient (Wildman–Crippen LogP) is 4.09. The molecule has 0 aliphatic carbocycles. The first-order valence-electron chi connectivity index (χ1n) is 5.55. The van der Waals surface area contributed by atoms with E-state index in [2.05, 4.69) is 62.8 Å². The van der Waals surface area contributed by atoms with Gasteiger partial charge in [0.05, 0.1) is 0 Å². The molecule has 2 aromatic carbocycles. The topological polar surface area (TPSA) is 35.2 Å². The summed E-state index contributed by atoms with van der Waals surface area (Å²) in [6, 6.07) is 14.2. The van der Waals surface area contributed by atoms with Gasteiger partial charge < -0.3 is 10.5 Å². The SMILES string of the molecule is NCc1cc(Br)ccc1OCc1ccc(I)cc1. The summed E-state index contributed by atoms with van der Waals surface area (Å²) in [6.07, 6.45) is 0. The second kappa shape index (κ2) is 6.54. The number of hydrogen-bond acceptors (Lipinski definition) is 2. The molecule has 0 unspecified atom stereocenters. The van der Waals surface area contributed by atoms with Crippen LogP contribution < -0.4 is 10.5 Å². The quantitative estimate of drug-likeness (QED) is 0.760. The summed E-state index contributed by atoms with van der Waals surface area (Å²) < 4.78 is 8.05. The molecule has 4 heteroatoms. The van der Waals surface area contributed by atoms with Gasteiger partial charge in [-0.1, -0.05) is 28.1 Å². The van der Waals surface area contributed by atoms with Crippen LogP contribution in [0.4, 0.5) is 0 Å². The molecule has 0 aromatic heterocycles. The van der Waals surface area contributed by atoms with Crippen LogP contribution in [0.1, 0.15) is 11.1 Å². The third kappa shape index (κ3) is 3.70. The molecule has 0 bridgehead atoms. The molecule has 0 fully saturated rings. The fraction of sp³-hybridized carbons (Fsp3) is 0.143. The molecule has 0 aliphatic rings. The lowest BCUT2D eigenvalue weighted by molar-refractivity contribution is 0.303. The van der Waals surface area contributed by atoms with Gasteiger partial charge in [-0.05, 0) is 58.5 Å². The Balaban J connectivity index is 2.08. The largest absolute Gasteiger partial charge is 0.489 e. The Morgan fingerprint density at radius 1 is 1.11 bits per heavy atom. The summed E-state index contributed by atoms with van der Waals surface area (Å²) >= 11 is 5.72. The zero-order valence-corrected chi connectivity index (χ0v) is 13.4. The maximum Gasteiger partial charge on any atom is 0.124 e. The predicted molar refractivity (Wildman–Crippen MR) is 85.5 cm³/mol. The van der Waals surface area contributed by atoms with Gasteiger partial charge in [0.25, 0.3) is 0 Å². The second-order valence-corrected chi connectivity index (χ2v) is 6.03. The zero-order chi connectivity index (χ0) is 13.0. The Morgan fingerprint density at radius 2 is 1.83 bits per heavy atom. The van der Waals surface area contributed by atoms with Gasteiger partial charge in [0.1, 0.15) is 12.4 Å². The molecule has 0 spiro atoms. The molecule has 0 aliphatic heterocycles. The molecule has 0 amide bonds. The van der Waals surface area contributed by atoms with Crippen molar-refractivity contribution in [2.45, 2.75) is 13.2 Å². The van der Waals surface area contributed by atoms with E-state index in [1.807, 2.05) is 18.2 Å². The Kier molecular flexibility index (Phi) is 5.03. The van der Waals surface area contributed by atoms with Crippen LogP contribution in [-0.4, -0.2) is 0 Å². The summed E-state index contributed by atoms with van der Waals surface area (Å²) in [5.74, 6) is 0.847. The van der Waals surface area contributed by atoms with Crippen LogP contribution in [0.3, 0.4) is 0 Å². The first-order chi connectivity index (χ1) is 8.69. The van der Waals surface area contributed by atoms with Crippen LogP contribution in [0.2, 0.25) is 0 Å². The van der Waals surface area contributed by atoms with Gasteiger partial charge in [0, 0.05) is 20.2 Å². The molecule has 0 heterocycles. The number of benzene rings is 2. The first kappa shape index (κ1) is 13.8. The van der Waals surface area contributed by atoms with Crippen molar-refractivity contribution >= 4 is 38.5 Å². The molecule has 2 aromatic rings. The van der Waals surface area contributed by atoms with E-state index in [1.54, 1.807) is 0 Å². The van der Waals surface area contributed by atoms with Crippen molar-refractivity contribution < 1.29 is 4.74 Å².